The van der Waals surface area contributed by atoms with Crippen LogP contribution in [0.5, 0.6) is 0 Å². The zero-order valence-corrected chi connectivity index (χ0v) is 53.0. The number of nitrogens with one attached hydrogen (secondary N) is 15. The highest BCUT2D eigenvalue weighted by Gasteiger charge is 2.37. The highest BCUT2D eigenvalue weighted by molar-refractivity contribution is 5.98. The smallest absolute Gasteiger partial charge is 0.328 e. The quantitative estimate of drug-likeness (QED) is 0.0106. The van der Waals surface area contributed by atoms with Crippen LogP contribution < -0.4 is 110 Å². The number of nitrogens with zero attached hydrogens (tertiary/aromatic N) is 4. The summed E-state index contributed by atoms with van der Waals surface area (Å²) in [5.41, 5.74) is 8.32. The zero-order chi connectivity index (χ0) is 71.7. The number of fused-ring (bicyclic) bond motifs is 3. The van der Waals surface area contributed by atoms with Crippen LogP contribution in [-0.4, -0.2) is 153 Å². The minimum atomic E-state index is -2.28. The molecule has 7 aromatic rings. The molecule has 0 spiro atoms. The van der Waals surface area contributed by atoms with Crippen LogP contribution in [0, 0.1) is 16.7 Å². The number of hydrogen-bond acceptors (Lipinski definition) is 18. The molecule has 0 saturated heterocycles. The molecule has 38 heteroatoms. The first-order valence-corrected chi connectivity index (χ1v) is 30.5. The van der Waals surface area contributed by atoms with Gasteiger partial charge in [-0.15, -0.1) is 0 Å². The maximum absolute atomic E-state index is 15.4. The number of H-pyrrole nitrogens is 4. The minimum Gasteiger partial charge on any atom is -0.370 e. The minimum absolute atomic E-state index is 0.0140. The first kappa shape index (κ1) is 72.9. The number of nitrogens with two attached hydrogens (primary N) is 3. The average Bonchev–Trinajstić information content (AvgIpc) is 0.802. The SMILES string of the molecule is CC(=O)N[C@@H](CCCNC(=N)N)C(=O)N[C@H](Cn1ccc(=O)[nH]c1=O)C(=O)N[C@@H](CC(C)C)C(=O)N[C@H](Cn1c(=O)[nH]c2ccccc2c1=O)C(=O)N[C@H](Cn1c(=O)[nH]c2ccccc2c1=O)C(=O)N[C@H](Cn1c(=O)[nH]c2ccccc2c1=O)C(=O)N[C@@H](CCCNC(=N)N)C(N)=O. The second kappa shape index (κ2) is 33.0. The lowest BCUT2D eigenvalue weighted by atomic mass is 10.0. The third kappa shape index (κ3) is 19.3. The molecule has 0 radical (unpaired) electrons. The van der Waals surface area contributed by atoms with Gasteiger partial charge in [-0.2, -0.15) is 0 Å². The number of aromatic nitrogens is 8. The molecule has 38 nitrogen and oxygen atoms in total. The Morgan fingerprint density at radius 3 is 1.12 bits per heavy atom. The molecule has 4 heterocycles. The van der Waals surface area contributed by atoms with E-state index in [9.17, 15) is 62.3 Å². The third-order valence-electron chi connectivity index (χ3n) is 15.2. The van der Waals surface area contributed by atoms with Crippen LogP contribution in [0.15, 0.2) is 123 Å². The van der Waals surface area contributed by atoms with Crippen LogP contribution in [0.3, 0.4) is 0 Å². The Morgan fingerprint density at radius 1 is 0.429 bits per heavy atom. The van der Waals surface area contributed by atoms with Gasteiger partial charge in [0.05, 0.1) is 58.9 Å². The Kier molecular flexibility index (Phi) is 24.6. The normalized spacial score (nSPS) is 13.3. The number of carbonyl (C=O) groups excluding carboxylic acids is 8. The van der Waals surface area contributed by atoms with Gasteiger partial charge in [0.25, 0.3) is 22.2 Å². The van der Waals surface area contributed by atoms with Crippen LogP contribution in [-0.2, 0) is 64.5 Å². The van der Waals surface area contributed by atoms with Crippen molar-refractivity contribution in [3.63, 3.8) is 0 Å². The van der Waals surface area contributed by atoms with Crippen molar-refractivity contribution in [3.05, 3.63) is 168 Å². The van der Waals surface area contributed by atoms with E-state index in [1.54, 1.807) is 13.8 Å². The molecule has 98 heavy (non-hydrogen) atoms. The molecule has 0 unspecified atom stereocenters. The van der Waals surface area contributed by atoms with Gasteiger partial charge < -0.3 is 80.0 Å². The van der Waals surface area contributed by atoms with Crippen molar-refractivity contribution in [1.82, 2.24) is 86.1 Å². The fourth-order valence-electron chi connectivity index (χ4n) is 10.4. The maximum Gasteiger partial charge on any atom is 0.328 e. The molecular weight excluding hydrogens is 1280 g/mol. The van der Waals surface area contributed by atoms with Gasteiger partial charge >= 0.3 is 22.8 Å². The van der Waals surface area contributed by atoms with Gasteiger partial charge in [-0.3, -0.25) is 91.6 Å². The predicted molar refractivity (Wildman–Crippen MR) is 354 cm³/mol. The standard InChI is InChI=1S/C60H74N22O16/c1-29(2)24-39(70-48(88)40(25-79-23-20-44(84)78-57(79)95)71-46(86)38(68-30(3)83)19-11-22-67-56(64)65)47(87)72-42(27-81-53(93)32-13-5-8-16-35(32)76-59(81)97)50(90)74-43(28-82-54(94)33-14-6-9-17-36(33)77-60(82)98)51(91)73-41(49(89)69-37(45(61)85)18-10-21-66-55(62)63)26-80-52(92)31-12-4-7-15-34(31)75-58(80)96/h4-9,12-17,20,23,29,37-43H,10-11,18-19,21-22,24-28H2,1-3H3,(H2,61,85)(H,68,83)(H,69,89)(H,70,88)(H,71,86)(H,72,87)(H,73,91)(H,74,90)(H,75,96)(H,76,97)(H,77,98)(H4,62,63,66)(H4,64,65,67)(H,78,84,95)/t37-,38-,39-,40+,41+,42+,43+/m0/s1. The summed E-state index contributed by atoms with van der Waals surface area (Å²) in [6, 6.07) is 4.95. The molecule has 520 valence electrons. The van der Waals surface area contributed by atoms with Gasteiger partial charge in [-0.25, -0.2) is 19.2 Å². The molecule has 0 bridgehead atoms. The van der Waals surface area contributed by atoms with E-state index < -0.39 is 173 Å². The van der Waals surface area contributed by atoms with E-state index in [-0.39, 0.29) is 83.9 Å². The lowest BCUT2D eigenvalue weighted by molar-refractivity contribution is -0.136. The van der Waals surface area contributed by atoms with Gasteiger partial charge in [0.2, 0.25) is 47.3 Å². The van der Waals surface area contributed by atoms with E-state index >= 15 is 14.4 Å². The molecule has 8 amide bonds. The van der Waals surface area contributed by atoms with Gasteiger partial charge in [0.15, 0.2) is 11.9 Å². The average molecular weight is 1360 g/mol. The molecular formula is C60H74N22O16. The molecule has 7 rings (SSSR count). The van der Waals surface area contributed by atoms with Crippen molar-refractivity contribution < 1.29 is 38.4 Å². The fraction of sp³-hybridized carbons (Fsp3) is 0.367. The maximum atomic E-state index is 15.4. The first-order valence-electron chi connectivity index (χ1n) is 30.5. The zero-order valence-electron chi connectivity index (χ0n) is 53.0. The molecule has 4 aromatic heterocycles. The summed E-state index contributed by atoms with van der Waals surface area (Å²) in [7, 11) is 0. The lowest BCUT2D eigenvalue weighted by Gasteiger charge is -2.29. The fourth-order valence-corrected chi connectivity index (χ4v) is 10.4. The van der Waals surface area contributed by atoms with E-state index in [2.05, 4.69) is 62.8 Å². The summed E-state index contributed by atoms with van der Waals surface area (Å²) >= 11 is 0. The summed E-state index contributed by atoms with van der Waals surface area (Å²) in [4.78, 5) is 233. The topological polar surface area (TPSA) is 590 Å². The number of rotatable bonds is 32. The van der Waals surface area contributed by atoms with Crippen molar-refractivity contribution in [1.29, 1.82) is 10.8 Å². The van der Waals surface area contributed by atoms with Crippen LogP contribution in [0.1, 0.15) is 52.9 Å². The number of carbonyl (C=O) groups is 8. The van der Waals surface area contributed by atoms with E-state index in [1.807, 2.05) is 4.98 Å². The number of hydrogen-bond donors (Lipinski definition) is 18. The number of aromatic amines is 4. The summed E-state index contributed by atoms with van der Waals surface area (Å²) in [5, 5.41) is 36.6. The largest absolute Gasteiger partial charge is 0.370 e. The van der Waals surface area contributed by atoms with Gasteiger partial charge in [-0.05, 0) is 74.4 Å². The molecule has 0 saturated carbocycles. The molecule has 7 atom stereocenters. The molecule has 0 aliphatic rings. The Bertz CT molecular complexity index is 4730. The van der Waals surface area contributed by atoms with Crippen LogP contribution in [0.2, 0.25) is 0 Å². The van der Waals surface area contributed by atoms with E-state index in [0.717, 1.165) is 23.8 Å². The highest BCUT2D eigenvalue weighted by Crippen LogP contribution is 2.11. The molecule has 0 fully saturated rings. The van der Waals surface area contributed by atoms with Crippen molar-refractivity contribution in [2.75, 3.05) is 13.1 Å². The lowest BCUT2D eigenvalue weighted by Crippen LogP contribution is -2.63. The van der Waals surface area contributed by atoms with Crippen molar-refractivity contribution in [2.45, 2.75) is 121 Å². The molecule has 3 aromatic carbocycles. The van der Waals surface area contributed by atoms with Crippen molar-refractivity contribution in [2.24, 2.45) is 23.1 Å². The van der Waals surface area contributed by atoms with E-state index in [0.29, 0.717) is 13.7 Å². The Balaban J connectivity index is 1.31. The highest BCUT2D eigenvalue weighted by atomic mass is 16.2. The van der Waals surface area contributed by atoms with Crippen molar-refractivity contribution >= 4 is 91.9 Å². The predicted octanol–water partition coefficient (Wildman–Crippen LogP) is -6.88. The Morgan fingerprint density at radius 2 is 0.765 bits per heavy atom. The number of benzene rings is 3. The van der Waals surface area contributed by atoms with E-state index in [4.69, 9.17) is 28.0 Å². The molecule has 0 aliphatic carbocycles. The number of primary amides is 1. The number of para-hydroxylation sites is 3. The van der Waals surface area contributed by atoms with Gasteiger partial charge in [0, 0.05) is 32.3 Å². The Hall–Kier alpha value is -12.5. The van der Waals surface area contributed by atoms with Crippen LogP contribution in [0.4, 0.5) is 0 Å². The third-order valence-corrected chi connectivity index (χ3v) is 15.2. The number of amides is 8. The summed E-state index contributed by atoms with van der Waals surface area (Å²) in [6.45, 7) is 0.447. The summed E-state index contributed by atoms with van der Waals surface area (Å²) in [5.74, 6) is -10.7. The summed E-state index contributed by atoms with van der Waals surface area (Å²) in [6.07, 6.45) is 0.608. The molecule has 0 aliphatic heterocycles. The number of guanidine groups is 2. The van der Waals surface area contributed by atoms with Gasteiger partial charge in [-0.1, -0.05) is 50.2 Å². The second-order valence-corrected chi connectivity index (χ2v) is 23.1. The monoisotopic (exact) mass is 1360 g/mol. The Labute approximate surface area is 551 Å². The molecule has 21 N–H and O–H groups in total. The summed E-state index contributed by atoms with van der Waals surface area (Å²) < 4.78 is 2.37. The first-order chi connectivity index (χ1) is 46.5. The second-order valence-electron chi connectivity index (χ2n) is 23.1. The van der Waals surface area contributed by atoms with E-state index in [1.165, 1.54) is 72.8 Å². The van der Waals surface area contributed by atoms with Crippen molar-refractivity contribution in [3.8, 4) is 0 Å². The van der Waals surface area contributed by atoms with Gasteiger partial charge in [0.1, 0.15) is 42.3 Å². The van der Waals surface area contributed by atoms with Crippen LogP contribution >= 0.6 is 0 Å². The van der Waals surface area contributed by atoms with Crippen LogP contribution in [0.25, 0.3) is 32.7 Å².